The first kappa shape index (κ1) is 12.5. The summed E-state index contributed by atoms with van der Waals surface area (Å²) in [5.74, 6) is 0.0271. The minimum absolute atomic E-state index is 0.0271. The quantitative estimate of drug-likeness (QED) is 0.711. The second-order valence-electron chi connectivity index (χ2n) is 5.26. The summed E-state index contributed by atoms with van der Waals surface area (Å²) in [6, 6.07) is 0. The Morgan fingerprint density at radius 1 is 1.53 bits per heavy atom. The Balaban J connectivity index is 2.35. The highest BCUT2D eigenvalue weighted by Gasteiger charge is 2.35. The van der Waals surface area contributed by atoms with Gasteiger partial charge < -0.3 is 15.8 Å². The van der Waals surface area contributed by atoms with E-state index in [0.717, 1.165) is 19.3 Å². The van der Waals surface area contributed by atoms with Crippen molar-refractivity contribution in [3.8, 4) is 0 Å². The highest BCUT2D eigenvalue weighted by molar-refractivity contribution is 5.78. The van der Waals surface area contributed by atoms with Crippen molar-refractivity contribution in [2.24, 2.45) is 5.73 Å². The monoisotopic (exact) mass is 214 g/mol. The van der Waals surface area contributed by atoms with Crippen molar-refractivity contribution < 1.29 is 9.53 Å². The average molecular weight is 214 g/mol. The van der Waals surface area contributed by atoms with Crippen LogP contribution < -0.4 is 11.1 Å². The van der Waals surface area contributed by atoms with E-state index in [2.05, 4.69) is 5.32 Å². The zero-order valence-electron chi connectivity index (χ0n) is 9.93. The van der Waals surface area contributed by atoms with Crippen molar-refractivity contribution >= 4 is 5.91 Å². The van der Waals surface area contributed by atoms with E-state index in [1.165, 1.54) is 0 Å². The lowest BCUT2D eigenvalue weighted by Gasteiger charge is -2.38. The molecule has 1 rings (SSSR count). The van der Waals surface area contributed by atoms with Gasteiger partial charge in [0.2, 0.25) is 5.91 Å². The van der Waals surface area contributed by atoms with Crippen LogP contribution >= 0.6 is 0 Å². The molecule has 1 aliphatic carbocycles. The van der Waals surface area contributed by atoms with E-state index in [-0.39, 0.29) is 17.0 Å². The molecule has 3 N–H and O–H groups in total. The van der Waals surface area contributed by atoms with E-state index in [0.29, 0.717) is 13.0 Å². The average Bonchev–Trinajstić information content (AvgIpc) is 1.99. The Bertz CT molecular complexity index is 235. The molecule has 88 valence electrons. The lowest BCUT2D eigenvalue weighted by molar-refractivity contribution is -0.125. The summed E-state index contributed by atoms with van der Waals surface area (Å²) in [6.45, 7) is 4.40. The van der Waals surface area contributed by atoms with Crippen LogP contribution in [0.15, 0.2) is 0 Å². The first-order valence-electron chi connectivity index (χ1n) is 5.46. The summed E-state index contributed by atoms with van der Waals surface area (Å²) < 4.78 is 5.03. The molecule has 0 aromatic rings. The molecule has 0 saturated heterocycles. The summed E-state index contributed by atoms with van der Waals surface area (Å²) in [5, 5.41) is 2.94. The first-order chi connectivity index (χ1) is 6.87. The van der Waals surface area contributed by atoms with Crippen LogP contribution in [0.5, 0.6) is 0 Å². The summed E-state index contributed by atoms with van der Waals surface area (Å²) >= 11 is 0. The van der Waals surface area contributed by atoms with Crippen LogP contribution in [0.3, 0.4) is 0 Å². The van der Waals surface area contributed by atoms with E-state index in [1.807, 2.05) is 13.8 Å². The number of nitrogens with two attached hydrogens (primary N) is 1. The number of amides is 1. The summed E-state index contributed by atoms with van der Waals surface area (Å²) in [5.41, 5.74) is 5.45. The third-order valence-corrected chi connectivity index (χ3v) is 2.84. The molecule has 0 radical (unpaired) electrons. The molecule has 0 aromatic heterocycles. The van der Waals surface area contributed by atoms with Gasteiger partial charge in [0.25, 0.3) is 0 Å². The molecule has 1 amide bonds. The molecule has 1 aliphatic rings. The van der Waals surface area contributed by atoms with Crippen LogP contribution in [-0.2, 0) is 9.53 Å². The van der Waals surface area contributed by atoms with Crippen molar-refractivity contribution in [1.29, 1.82) is 0 Å². The standard InChI is InChI=1S/C11H22N2O2/c1-10(2,8-15-3)13-9(14)7-11(12)5-4-6-11/h4-8,12H2,1-3H3,(H,13,14). The van der Waals surface area contributed by atoms with Gasteiger partial charge in [-0.25, -0.2) is 0 Å². The molecule has 4 nitrogen and oxygen atoms in total. The van der Waals surface area contributed by atoms with Crippen LogP contribution in [0.1, 0.15) is 39.5 Å². The maximum atomic E-state index is 11.7. The van der Waals surface area contributed by atoms with Crippen LogP contribution in [0, 0.1) is 0 Å². The molecular formula is C11H22N2O2. The number of ether oxygens (including phenoxy) is 1. The fourth-order valence-corrected chi connectivity index (χ4v) is 1.95. The number of rotatable bonds is 5. The summed E-state index contributed by atoms with van der Waals surface area (Å²) in [4.78, 5) is 11.7. The summed E-state index contributed by atoms with van der Waals surface area (Å²) in [6.07, 6.45) is 3.50. The number of carbonyl (C=O) groups is 1. The van der Waals surface area contributed by atoms with Gasteiger partial charge in [0, 0.05) is 19.1 Å². The number of carbonyl (C=O) groups excluding carboxylic acids is 1. The van der Waals surface area contributed by atoms with Gasteiger partial charge in [0.1, 0.15) is 0 Å². The Kier molecular flexibility index (Phi) is 3.73. The molecule has 1 fully saturated rings. The second kappa shape index (κ2) is 4.49. The molecule has 0 unspecified atom stereocenters. The van der Waals surface area contributed by atoms with E-state index in [1.54, 1.807) is 7.11 Å². The molecule has 0 spiro atoms. The number of methoxy groups -OCH3 is 1. The minimum atomic E-state index is -0.314. The Morgan fingerprint density at radius 3 is 2.53 bits per heavy atom. The lowest BCUT2D eigenvalue weighted by Crippen LogP contribution is -2.53. The van der Waals surface area contributed by atoms with Gasteiger partial charge in [-0.3, -0.25) is 4.79 Å². The molecule has 15 heavy (non-hydrogen) atoms. The molecule has 0 bridgehead atoms. The third-order valence-electron chi connectivity index (χ3n) is 2.84. The third kappa shape index (κ3) is 3.80. The largest absolute Gasteiger partial charge is 0.382 e. The van der Waals surface area contributed by atoms with Gasteiger partial charge in [-0.1, -0.05) is 0 Å². The van der Waals surface area contributed by atoms with Crippen LogP contribution in [0.4, 0.5) is 0 Å². The minimum Gasteiger partial charge on any atom is -0.382 e. The van der Waals surface area contributed by atoms with Crippen LogP contribution in [0.25, 0.3) is 0 Å². The topological polar surface area (TPSA) is 64.3 Å². The SMILES string of the molecule is COCC(C)(C)NC(=O)CC1(N)CCC1. The Labute approximate surface area is 91.5 Å². The molecule has 1 saturated carbocycles. The van der Waals surface area contributed by atoms with E-state index in [9.17, 15) is 4.79 Å². The van der Waals surface area contributed by atoms with Crippen molar-refractivity contribution in [2.75, 3.05) is 13.7 Å². The van der Waals surface area contributed by atoms with Gasteiger partial charge in [-0.15, -0.1) is 0 Å². The number of nitrogens with one attached hydrogen (secondary N) is 1. The van der Waals surface area contributed by atoms with Gasteiger partial charge in [-0.2, -0.15) is 0 Å². The predicted octanol–water partition coefficient (Wildman–Crippen LogP) is 0.799. The fourth-order valence-electron chi connectivity index (χ4n) is 1.95. The lowest BCUT2D eigenvalue weighted by atomic mass is 9.75. The summed E-state index contributed by atoms with van der Waals surface area (Å²) in [7, 11) is 1.63. The van der Waals surface area contributed by atoms with E-state index < -0.39 is 0 Å². The maximum absolute atomic E-state index is 11.7. The number of hydrogen-bond donors (Lipinski definition) is 2. The zero-order valence-corrected chi connectivity index (χ0v) is 9.93. The van der Waals surface area contributed by atoms with E-state index in [4.69, 9.17) is 10.5 Å². The maximum Gasteiger partial charge on any atom is 0.222 e. The van der Waals surface area contributed by atoms with Crippen molar-refractivity contribution in [3.05, 3.63) is 0 Å². The van der Waals surface area contributed by atoms with Gasteiger partial charge in [-0.05, 0) is 33.1 Å². The predicted molar refractivity (Wildman–Crippen MR) is 59.5 cm³/mol. The molecule has 0 atom stereocenters. The number of hydrogen-bond acceptors (Lipinski definition) is 3. The van der Waals surface area contributed by atoms with E-state index >= 15 is 0 Å². The molecule has 0 aromatic carbocycles. The van der Waals surface area contributed by atoms with Crippen molar-refractivity contribution in [2.45, 2.75) is 50.6 Å². The smallest absolute Gasteiger partial charge is 0.222 e. The highest BCUT2D eigenvalue weighted by Crippen LogP contribution is 2.32. The van der Waals surface area contributed by atoms with Crippen LogP contribution in [-0.4, -0.2) is 30.7 Å². The fraction of sp³-hybridized carbons (Fsp3) is 0.909. The van der Waals surface area contributed by atoms with Crippen molar-refractivity contribution in [1.82, 2.24) is 5.32 Å². The normalized spacial score (nSPS) is 19.5. The van der Waals surface area contributed by atoms with Crippen LogP contribution in [0.2, 0.25) is 0 Å². The Hall–Kier alpha value is -0.610. The zero-order chi connectivity index (χ0) is 11.5. The van der Waals surface area contributed by atoms with Crippen molar-refractivity contribution in [3.63, 3.8) is 0 Å². The molecule has 0 heterocycles. The Morgan fingerprint density at radius 2 is 2.13 bits per heavy atom. The molecule has 0 aliphatic heterocycles. The highest BCUT2D eigenvalue weighted by atomic mass is 16.5. The van der Waals surface area contributed by atoms with Gasteiger partial charge in [0.15, 0.2) is 0 Å². The van der Waals surface area contributed by atoms with Gasteiger partial charge in [0.05, 0.1) is 12.1 Å². The molecular weight excluding hydrogens is 192 g/mol. The van der Waals surface area contributed by atoms with Gasteiger partial charge >= 0.3 is 0 Å². The first-order valence-corrected chi connectivity index (χ1v) is 5.46. The second-order valence-corrected chi connectivity index (χ2v) is 5.26. The molecule has 4 heteroatoms.